The summed E-state index contributed by atoms with van der Waals surface area (Å²) in [4.78, 5) is 4.70. The highest BCUT2D eigenvalue weighted by atomic mass is 16.5. The summed E-state index contributed by atoms with van der Waals surface area (Å²) >= 11 is 0. The van der Waals surface area contributed by atoms with Gasteiger partial charge < -0.3 is 4.74 Å². The van der Waals surface area contributed by atoms with Gasteiger partial charge in [-0.25, -0.2) is 0 Å². The van der Waals surface area contributed by atoms with Crippen molar-refractivity contribution < 1.29 is 4.74 Å². The van der Waals surface area contributed by atoms with E-state index >= 15 is 0 Å². The lowest BCUT2D eigenvalue weighted by Gasteiger charge is -2.32. The van der Waals surface area contributed by atoms with Crippen LogP contribution in [0.1, 0.15) is 43.0 Å². The number of hydrogen-bond acceptors (Lipinski definition) is 2. The second kappa shape index (κ2) is 2.50. The second-order valence-electron chi connectivity index (χ2n) is 4.67. The third kappa shape index (κ3) is 0.824. The van der Waals surface area contributed by atoms with E-state index < -0.39 is 0 Å². The number of ether oxygens (including phenoxy) is 1. The fourth-order valence-corrected chi connectivity index (χ4v) is 3.23. The van der Waals surface area contributed by atoms with E-state index in [1.165, 1.54) is 29.7 Å². The van der Waals surface area contributed by atoms with Crippen molar-refractivity contribution in [3.8, 4) is 0 Å². The van der Waals surface area contributed by atoms with Crippen molar-refractivity contribution in [3.63, 3.8) is 0 Å². The first kappa shape index (κ1) is 8.05. The summed E-state index contributed by atoms with van der Waals surface area (Å²) in [5, 5.41) is 0. The van der Waals surface area contributed by atoms with Crippen LogP contribution in [0.25, 0.3) is 0 Å². The molecule has 1 saturated carbocycles. The SMILES string of the molecule is c1ccc2c(c1)C1N=C3CCCCC32O1. The molecule has 1 aliphatic carbocycles. The van der Waals surface area contributed by atoms with Gasteiger partial charge in [-0.2, -0.15) is 0 Å². The number of fused-ring (bicyclic) bond motifs is 3. The third-order valence-electron chi connectivity index (χ3n) is 3.91. The summed E-state index contributed by atoms with van der Waals surface area (Å²) in [6, 6.07) is 8.57. The van der Waals surface area contributed by atoms with Gasteiger partial charge in [0.25, 0.3) is 0 Å². The van der Waals surface area contributed by atoms with Gasteiger partial charge in [-0.3, -0.25) is 4.99 Å². The van der Waals surface area contributed by atoms with Crippen LogP contribution in [-0.2, 0) is 10.3 Å². The molecule has 2 nitrogen and oxygen atoms in total. The molecule has 2 heteroatoms. The van der Waals surface area contributed by atoms with Gasteiger partial charge >= 0.3 is 0 Å². The predicted octanol–water partition coefficient (Wildman–Crippen LogP) is 2.94. The number of nitrogens with zero attached hydrogens (tertiary/aromatic N) is 1. The first-order chi connectivity index (χ1) is 7.40. The Hall–Kier alpha value is -1.15. The van der Waals surface area contributed by atoms with Crippen molar-refractivity contribution >= 4 is 5.71 Å². The lowest BCUT2D eigenvalue weighted by molar-refractivity contribution is -0.0141. The lowest BCUT2D eigenvalue weighted by Crippen LogP contribution is -2.36. The molecule has 0 aromatic heterocycles. The Morgan fingerprint density at radius 1 is 1.27 bits per heavy atom. The largest absolute Gasteiger partial charge is 0.335 e. The molecule has 0 amide bonds. The monoisotopic (exact) mass is 199 g/mol. The van der Waals surface area contributed by atoms with Crippen molar-refractivity contribution in [1.82, 2.24) is 0 Å². The summed E-state index contributed by atoms with van der Waals surface area (Å²) in [6.07, 6.45) is 4.80. The van der Waals surface area contributed by atoms with Crippen LogP contribution in [0.15, 0.2) is 29.3 Å². The van der Waals surface area contributed by atoms with E-state index in [0.29, 0.717) is 0 Å². The van der Waals surface area contributed by atoms with Crippen molar-refractivity contribution in [3.05, 3.63) is 35.4 Å². The summed E-state index contributed by atoms with van der Waals surface area (Å²) < 4.78 is 6.13. The Balaban J connectivity index is 1.97. The van der Waals surface area contributed by atoms with Crippen molar-refractivity contribution in [2.75, 3.05) is 0 Å². The Bertz CT molecular complexity index is 465. The fourth-order valence-electron chi connectivity index (χ4n) is 3.23. The van der Waals surface area contributed by atoms with E-state index in [9.17, 15) is 0 Å². The van der Waals surface area contributed by atoms with Crippen LogP contribution >= 0.6 is 0 Å². The Morgan fingerprint density at radius 2 is 2.20 bits per heavy atom. The van der Waals surface area contributed by atoms with Gasteiger partial charge in [0.2, 0.25) is 0 Å². The molecule has 1 spiro atoms. The summed E-state index contributed by atoms with van der Waals surface area (Å²) in [7, 11) is 0. The molecule has 0 saturated heterocycles. The Morgan fingerprint density at radius 3 is 3.20 bits per heavy atom. The van der Waals surface area contributed by atoms with Gasteiger partial charge in [0, 0.05) is 5.56 Å². The average Bonchev–Trinajstić information content (AvgIpc) is 2.82. The van der Waals surface area contributed by atoms with Crippen LogP contribution in [0.4, 0.5) is 0 Å². The average molecular weight is 199 g/mol. The zero-order valence-corrected chi connectivity index (χ0v) is 8.57. The van der Waals surface area contributed by atoms with Crippen LogP contribution in [0, 0.1) is 0 Å². The van der Waals surface area contributed by atoms with Crippen LogP contribution in [-0.4, -0.2) is 5.71 Å². The normalized spacial score (nSPS) is 36.0. The highest BCUT2D eigenvalue weighted by Gasteiger charge is 2.53. The number of hydrogen-bond donors (Lipinski definition) is 0. The maximum atomic E-state index is 6.13. The van der Waals surface area contributed by atoms with Crippen LogP contribution in [0.5, 0.6) is 0 Å². The number of aliphatic imine (C=N–C) groups is 1. The molecule has 1 aromatic carbocycles. The van der Waals surface area contributed by atoms with Crippen LogP contribution in [0.3, 0.4) is 0 Å². The second-order valence-corrected chi connectivity index (χ2v) is 4.67. The highest BCUT2D eigenvalue weighted by Crippen LogP contribution is 2.55. The summed E-state index contributed by atoms with van der Waals surface area (Å²) in [5.74, 6) is 0. The minimum Gasteiger partial charge on any atom is -0.335 e. The number of benzene rings is 1. The van der Waals surface area contributed by atoms with Crippen molar-refractivity contribution in [2.24, 2.45) is 4.99 Å². The minimum absolute atomic E-state index is 0.00861. The van der Waals surface area contributed by atoms with E-state index in [1.54, 1.807) is 0 Å². The van der Waals surface area contributed by atoms with Gasteiger partial charge in [0.1, 0.15) is 5.60 Å². The third-order valence-corrected chi connectivity index (χ3v) is 3.91. The molecule has 1 fully saturated rings. The van der Waals surface area contributed by atoms with Crippen LogP contribution < -0.4 is 0 Å². The first-order valence-corrected chi connectivity index (χ1v) is 5.74. The molecule has 2 heterocycles. The quantitative estimate of drug-likeness (QED) is 0.629. The molecule has 1 aromatic rings. The minimum atomic E-state index is -0.112. The van der Waals surface area contributed by atoms with E-state index in [4.69, 9.17) is 9.73 Å². The van der Waals surface area contributed by atoms with E-state index in [0.717, 1.165) is 12.8 Å². The standard InChI is InChI=1S/C13H13NO/c1-2-6-10-9(5-1)12-14-11-7-3-4-8-13(10,11)15-12/h1-2,5-6,12H,3-4,7-8H2. The first-order valence-electron chi connectivity index (χ1n) is 5.74. The molecular weight excluding hydrogens is 186 g/mol. The summed E-state index contributed by atoms with van der Waals surface area (Å²) in [6.45, 7) is 0. The van der Waals surface area contributed by atoms with Crippen molar-refractivity contribution in [2.45, 2.75) is 37.5 Å². The van der Waals surface area contributed by atoms with Gasteiger partial charge in [-0.05, 0) is 31.2 Å². The van der Waals surface area contributed by atoms with Crippen LogP contribution in [0.2, 0.25) is 0 Å². The fraction of sp³-hybridized carbons (Fsp3) is 0.462. The Kier molecular flexibility index (Phi) is 1.34. The summed E-state index contributed by atoms with van der Waals surface area (Å²) in [5.41, 5.74) is 3.87. The molecule has 0 radical (unpaired) electrons. The molecule has 2 atom stereocenters. The highest BCUT2D eigenvalue weighted by molar-refractivity contribution is 5.97. The number of rotatable bonds is 0. The smallest absolute Gasteiger partial charge is 0.176 e. The molecular formula is C13H13NO. The van der Waals surface area contributed by atoms with Gasteiger partial charge in [0.05, 0.1) is 5.71 Å². The molecule has 2 unspecified atom stereocenters. The molecule has 76 valence electrons. The topological polar surface area (TPSA) is 21.6 Å². The zero-order chi connectivity index (χ0) is 9.88. The van der Waals surface area contributed by atoms with E-state index in [-0.39, 0.29) is 11.8 Å². The molecule has 3 aliphatic rings. The Labute approximate surface area is 89.0 Å². The molecule has 2 aliphatic heterocycles. The zero-order valence-electron chi connectivity index (χ0n) is 8.57. The van der Waals surface area contributed by atoms with E-state index in [1.807, 2.05) is 0 Å². The molecule has 2 bridgehead atoms. The molecule has 15 heavy (non-hydrogen) atoms. The molecule has 4 rings (SSSR count). The molecule has 0 N–H and O–H groups in total. The lowest BCUT2D eigenvalue weighted by atomic mass is 9.76. The maximum Gasteiger partial charge on any atom is 0.176 e. The van der Waals surface area contributed by atoms with Crippen molar-refractivity contribution in [1.29, 1.82) is 0 Å². The maximum absolute atomic E-state index is 6.13. The van der Waals surface area contributed by atoms with E-state index in [2.05, 4.69) is 24.3 Å². The van der Waals surface area contributed by atoms with Gasteiger partial charge in [-0.1, -0.05) is 24.3 Å². The van der Waals surface area contributed by atoms with Gasteiger partial charge in [-0.15, -0.1) is 0 Å². The predicted molar refractivity (Wildman–Crippen MR) is 57.8 cm³/mol. The van der Waals surface area contributed by atoms with Gasteiger partial charge in [0.15, 0.2) is 6.23 Å².